The molecule has 1 nitrogen and oxygen atoms in total. The van der Waals surface area contributed by atoms with E-state index in [0.717, 1.165) is 0 Å². The third kappa shape index (κ3) is 2.70. The van der Waals surface area contributed by atoms with Gasteiger partial charge in [0.15, 0.2) is 0 Å². The van der Waals surface area contributed by atoms with Gasteiger partial charge in [0.2, 0.25) is 0 Å². The highest BCUT2D eigenvalue weighted by molar-refractivity contribution is 14.1. The zero-order chi connectivity index (χ0) is 16.7. The van der Waals surface area contributed by atoms with E-state index in [1.165, 1.54) is 37.1 Å². The van der Waals surface area contributed by atoms with Crippen LogP contribution in [0.15, 0.2) is 66.7 Å². The first-order valence-electron chi connectivity index (χ1n) is 8.11. The average molecular weight is 443 g/mol. The lowest BCUT2D eigenvalue weighted by atomic mass is 10.0. The minimum atomic E-state index is 0.563. The summed E-state index contributed by atoms with van der Waals surface area (Å²) in [7, 11) is 0. The molecule has 0 N–H and O–H groups in total. The molecule has 0 unspecified atom stereocenters. The summed E-state index contributed by atoms with van der Waals surface area (Å²) in [5.74, 6) is 0.563. The van der Waals surface area contributed by atoms with Gasteiger partial charge >= 0.3 is 0 Å². The molecule has 0 radical (unpaired) electrons. The SMILES string of the molecule is CC(C)c1ccc(N(I)c2cccc3c2sc2ccccc23)cc1. The Labute approximate surface area is 160 Å². The van der Waals surface area contributed by atoms with Gasteiger partial charge in [-0.25, -0.2) is 0 Å². The molecule has 0 aliphatic rings. The predicted octanol–water partition coefficient (Wildman–Crippen LogP) is 7.67. The summed E-state index contributed by atoms with van der Waals surface area (Å²) < 4.78 is 4.96. The molecule has 0 saturated heterocycles. The van der Waals surface area contributed by atoms with Crippen LogP contribution in [-0.4, -0.2) is 0 Å². The maximum atomic E-state index is 2.42. The number of rotatable bonds is 3. The highest BCUT2D eigenvalue weighted by Gasteiger charge is 2.13. The van der Waals surface area contributed by atoms with Gasteiger partial charge in [-0.15, -0.1) is 11.3 Å². The van der Waals surface area contributed by atoms with Crippen LogP contribution >= 0.6 is 34.2 Å². The Morgan fingerprint density at radius 3 is 2.29 bits per heavy atom. The summed E-state index contributed by atoms with van der Waals surface area (Å²) in [6.45, 7) is 4.46. The van der Waals surface area contributed by atoms with E-state index in [1.807, 2.05) is 11.3 Å². The van der Waals surface area contributed by atoms with E-state index in [1.54, 1.807) is 0 Å². The smallest absolute Gasteiger partial charge is 0.0689 e. The third-order valence-corrected chi connectivity index (χ3v) is 6.67. The number of fused-ring (bicyclic) bond motifs is 3. The van der Waals surface area contributed by atoms with Crippen LogP contribution < -0.4 is 3.11 Å². The standard InChI is InChI=1S/C21H18INS/c1-14(2)15-10-12-16(13-11-15)23(22)19-8-5-7-18-17-6-3-4-9-20(17)24-21(18)19/h3-14H,1-2H3. The molecule has 0 bridgehead atoms. The Balaban J connectivity index is 1.83. The molecule has 120 valence electrons. The fourth-order valence-corrected chi connectivity index (χ4v) is 5.11. The lowest BCUT2D eigenvalue weighted by molar-refractivity contribution is 0.867. The van der Waals surface area contributed by atoms with Crippen molar-refractivity contribution in [2.45, 2.75) is 19.8 Å². The first-order valence-corrected chi connectivity index (χ1v) is 9.89. The van der Waals surface area contributed by atoms with Crippen molar-refractivity contribution in [2.24, 2.45) is 0 Å². The van der Waals surface area contributed by atoms with E-state index in [4.69, 9.17) is 0 Å². The van der Waals surface area contributed by atoms with Gasteiger partial charge in [-0.2, -0.15) is 0 Å². The Kier molecular flexibility index (Phi) is 4.22. The van der Waals surface area contributed by atoms with Crippen molar-refractivity contribution >= 4 is 65.7 Å². The largest absolute Gasteiger partial charge is 0.282 e. The van der Waals surface area contributed by atoms with Gasteiger partial charge < -0.3 is 0 Å². The summed E-state index contributed by atoms with van der Waals surface area (Å²) in [4.78, 5) is 0. The zero-order valence-corrected chi connectivity index (χ0v) is 16.6. The van der Waals surface area contributed by atoms with E-state index in [0.29, 0.717) is 5.92 Å². The summed E-state index contributed by atoms with van der Waals surface area (Å²) >= 11 is 4.29. The number of thiophene rings is 1. The van der Waals surface area contributed by atoms with Gasteiger partial charge in [0.25, 0.3) is 0 Å². The van der Waals surface area contributed by atoms with E-state index in [-0.39, 0.29) is 0 Å². The molecule has 4 aromatic rings. The van der Waals surface area contributed by atoms with Crippen molar-refractivity contribution in [3.8, 4) is 0 Å². The average Bonchev–Trinajstić information content (AvgIpc) is 3.00. The van der Waals surface area contributed by atoms with E-state index < -0.39 is 0 Å². The fourth-order valence-electron chi connectivity index (χ4n) is 3.02. The van der Waals surface area contributed by atoms with E-state index in [2.05, 4.69) is 107 Å². The third-order valence-electron chi connectivity index (χ3n) is 4.38. The van der Waals surface area contributed by atoms with Crippen LogP contribution in [-0.2, 0) is 0 Å². The van der Waals surface area contributed by atoms with Crippen molar-refractivity contribution in [3.05, 3.63) is 72.3 Å². The minimum absolute atomic E-state index is 0.563. The number of hydrogen-bond acceptors (Lipinski definition) is 2. The van der Waals surface area contributed by atoms with Crippen LogP contribution in [0.2, 0.25) is 0 Å². The molecule has 0 spiro atoms. The molecule has 4 rings (SSSR count). The lowest BCUT2D eigenvalue weighted by Crippen LogP contribution is -2.01. The highest BCUT2D eigenvalue weighted by Crippen LogP contribution is 2.42. The highest BCUT2D eigenvalue weighted by atomic mass is 127. The number of nitrogens with zero attached hydrogens (tertiary/aromatic N) is 1. The van der Waals surface area contributed by atoms with Crippen LogP contribution in [0.3, 0.4) is 0 Å². The van der Waals surface area contributed by atoms with Crippen molar-refractivity contribution in [1.82, 2.24) is 0 Å². The Morgan fingerprint density at radius 2 is 1.54 bits per heavy atom. The van der Waals surface area contributed by atoms with Gasteiger partial charge in [-0.1, -0.05) is 56.3 Å². The van der Waals surface area contributed by atoms with Crippen molar-refractivity contribution in [2.75, 3.05) is 3.11 Å². The number of anilines is 2. The quantitative estimate of drug-likeness (QED) is 0.232. The van der Waals surface area contributed by atoms with Crippen molar-refractivity contribution in [3.63, 3.8) is 0 Å². The number of halogens is 1. The van der Waals surface area contributed by atoms with E-state index in [9.17, 15) is 0 Å². The molecule has 0 atom stereocenters. The van der Waals surface area contributed by atoms with Gasteiger partial charge in [0, 0.05) is 15.5 Å². The summed E-state index contributed by atoms with van der Waals surface area (Å²) in [6, 6.07) is 24.1. The first kappa shape index (κ1) is 15.9. The number of hydrogen-bond donors (Lipinski definition) is 0. The van der Waals surface area contributed by atoms with Gasteiger partial charge in [-0.3, -0.25) is 3.11 Å². The zero-order valence-electron chi connectivity index (χ0n) is 13.7. The second-order valence-electron chi connectivity index (χ2n) is 6.28. The molecule has 3 heteroatoms. The van der Waals surface area contributed by atoms with Gasteiger partial charge in [-0.05, 0) is 35.7 Å². The van der Waals surface area contributed by atoms with Crippen LogP contribution in [0.5, 0.6) is 0 Å². The molecule has 0 fully saturated rings. The van der Waals surface area contributed by atoms with Crippen LogP contribution in [0, 0.1) is 0 Å². The predicted molar refractivity (Wildman–Crippen MR) is 116 cm³/mol. The van der Waals surface area contributed by atoms with Crippen molar-refractivity contribution < 1.29 is 0 Å². The van der Waals surface area contributed by atoms with Crippen molar-refractivity contribution in [1.29, 1.82) is 0 Å². The Morgan fingerprint density at radius 1 is 0.833 bits per heavy atom. The summed E-state index contributed by atoms with van der Waals surface area (Å²) in [5.41, 5.74) is 3.85. The molecule has 1 heterocycles. The monoisotopic (exact) mass is 443 g/mol. The topological polar surface area (TPSA) is 3.24 Å². The molecule has 0 aliphatic carbocycles. The second kappa shape index (κ2) is 6.37. The lowest BCUT2D eigenvalue weighted by Gasteiger charge is -2.18. The van der Waals surface area contributed by atoms with Crippen LogP contribution in [0.4, 0.5) is 11.4 Å². The Hall–Kier alpha value is -1.59. The molecule has 0 amide bonds. The molecular formula is C21H18INS. The molecule has 24 heavy (non-hydrogen) atoms. The van der Waals surface area contributed by atoms with Crippen LogP contribution in [0.25, 0.3) is 20.2 Å². The number of benzene rings is 3. The van der Waals surface area contributed by atoms with E-state index >= 15 is 0 Å². The molecular weight excluding hydrogens is 425 g/mol. The second-order valence-corrected chi connectivity index (χ2v) is 8.30. The van der Waals surface area contributed by atoms with Gasteiger partial charge in [0.05, 0.1) is 38.9 Å². The summed E-state index contributed by atoms with van der Waals surface area (Å²) in [5, 5.41) is 2.69. The summed E-state index contributed by atoms with van der Waals surface area (Å²) in [6.07, 6.45) is 0. The van der Waals surface area contributed by atoms with Crippen LogP contribution in [0.1, 0.15) is 25.3 Å². The molecule has 1 aromatic heterocycles. The maximum absolute atomic E-state index is 2.42. The fraction of sp³-hybridized carbons (Fsp3) is 0.143. The molecule has 3 aromatic carbocycles. The minimum Gasteiger partial charge on any atom is -0.282 e. The normalized spacial score (nSPS) is 11.5. The van der Waals surface area contributed by atoms with Gasteiger partial charge in [0.1, 0.15) is 0 Å². The molecule has 0 saturated carbocycles. The first-order chi connectivity index (χ1) is 11.6. The maximum Gasteiger partial charge on any atom is 0.0689 e. The Bertz CT molecular complexity index is 1000. The molecule has 0 aliphatic heterocycles.